The van der Waals surface area contributed by atoms with Crippen molar-refractivity contribution in [2.24, 2.45) is 11.8 Å². The zero-order valence-corrected chi connectivity index (χ0v) is 14.7. The van der Waals surface area contributed by atoms with Crippen molar-refractivity contribution in [2.75, 3.05) is 19.3 Å². The van der Waals surface area contributed by atoms with E-state index in [1.54, 1.807) is 15.6 Å². The Hall–Kier alpha value is -0.180. The summed E-state index contributed by atoms with van der Waals surface area (Å²) in [6.45, 7) is 3.16. The van der Waals surface area contributed by atoms with Crippen molar-refractivity contribution in [3.63, 3.8) is 0 Å². The van der Waals surface area contributed by atoms with E-state index < -0.39 is 10.0 Å². The lowest BCUT2D eigenvalue weighted by Crippen LogP contribution is -2.41. The van der Waals surface area contributed by atoms with Crippen molar-refractivity contribution < 1.29 is 8.42 Å². The van der Waals surface area contributed by atoms with Crippen LogP contribution in [0.15, 0.2) is 5.38 Å². The fourth-order valence-corrected chi connectivity index (χ4v) is 5.13. The quantitative estimate of drug-likeness (QED) is 0.630. The number of sulfonamides is 1. The normalized spacial score (nSPS) is 22.4. The summed E-state index contributed by atoms with van der Waals surface area (Å²) in [6.07, 6.45) is 3.98. The number of nitrogens with zero attached hydrogens (tertiary/aromatic N) is 1. The fraction of sp³-hybridized carbons (Fsp3) is 0.692. The molecule has 0 amide bonds. The van der Waals surface area contributed by atoms with Gasteiger partial charge in [-0.3, -0.25) is 11.3 Å². The summed E-state index contributed by atoms with van der Waals surface area (Å²) in [4.78, 5) is 1.04. The number of hydrogen-bond acceptors (Lipinski definition) is 5. The summed E-state index contributed by atoms with van der Waals surface area (Å²) in [5.41, 5.74) is 3.89. The van der Waals surface area contributed by atoms with Gasteiger partial charge in [0, 0.05) is 18.0 Å². The maximum atomic E-state index is 11.7. The molecule has 1 saturated heterocycles. The minimum absolute atomic E-state index is 0.0271. The maximum Gasteiger partial charge on any atom is 0.211 e. The maximum absolute atomic E-state index is 11.7. The number of rotatable bonds is 5. The van der Waals surface area contributed by atoms with Crippen LogP contribution in [-0.2, 0) is 10.0 Å². The van der Waals surface area contributed by atoms with Crippen LogP contribution in [0.25, 0.3) is 0 Å². The topological polar surface area (TPSA) is 75.4 Å². The molecule has 1 aromatic heterocycles. The molecule has 5 nitrogen and oxygen atoms in total. The molecule has 1 aliphatic heterocycles. The molecule has 8 heteroatoms. The lowest BCUT2D eigenvalue weighted by molar-refractivity contribution is 0.239. The van der Waals surface area contributed by atoms with E-state index in [0.29, 0.717) is 19.0 Å². The Balaban J connectivity index is 2.07. The molecule has 1 aliphatic rings. The predicted molar refractivity (Wildman–Crippen MR) is 87.9 cm³/mol. The summed E-state index contributed by atoms with van der Waals surface area (Å²) in [5.74, 6) is 5.99. The van der Waals surface area contributed by atoms with Gasteiger partial charge in [-0.2, -0.15) is 0 Å². The van der Waals surface area contributed by atoms with Gasteiger partial charge < -0.3 is 0 Å². The number of piperidine rings is 1. The molecule has 0 aliphatic carbocycles. The van der Waals surface area contributed by atoms with Crippen LogP contribution < -0.4 is 11.3 Å². The molecule has 0 radical (unpaired) electrons. The van der Waals surface area contributed by atoms with Crippen LogP contribution in [-0.4, -0.2) is 32.1 Å². The van der Waals surface area contributed by atoms with E-state index in [1.165, 1.54) is 6.26 Å². The van der Waals surface area contributed by atoms with Gasteiger partial charge in [0.2, 0.25) is 10.0 Å². The summed E-state index contributed by atoms with van der Waals surface area (Å²) < 4.78 is 24.9. The van der Waals surface area contributed by atoms with E-state index in [4.69, 9.17) is 17.4 Å². The minimum Gasteiger partial charge on any atom is -0.271 e. The highest BCUT2D eigenvalue weighted by Gasteiger charge is 2.29. The van der Waals surface area contributed by atoms with E-state index >= 15 is 0 Å². The van der Waals surface area contributed by atoms with Gasteiger partial charge in [0.15, 0.2) is 0 Å². The second-order valence-electron chi connectivity index (χ2n) is 5.68. The van der Waals surface area contributed by atoms with Gasteiger partial charge in [0.1, 0.15) is 0 Å². The van der Waals surface area contributed by atoms with Crippen molar-refractivity contribution in [1.82, 2.24) is 9.73 Å². The lowest BCUT2D eigenvalue weighted by Gasteiger charge is -2.32. The van der Waals surface area contributed by atoms with Crippen LogP contribution >= 0.6 is 22.9 Å². The van der Waals surface area contributed by atoms with Crippen LogP contribution in [0.4, 0.5) is 0 Å². The summed E-state index contributed by atoms with van der Waals surface area (Å²) >= 11 is 7.91. The number of aryl methyl sites for hydroxylation is 1. The Bertz CT molecular complexity index is 588. The van der Waals surface area contributed by atoms with Crippen LogP contribution in [0.1, 0.15) is 35.7 Å². The van der Waals surface area contributed by atoms with Crippen molar-refractivity contribution in [3.8, 4) is 0 Å². The molecular formula is C13H22ClN3O2S2. The zero-order valence-electron chi connectivity index (χ0n) is 12.3. The molecule has 0 bridgehead atoms. The highest BCUT2D eigenvalue weighted by atomic mass is 35.5. The third kappa shape index (κ3) is 4.18. The highest BCUT2D eigenvalue weighted by molar-refractivity contribution is 7.88. The average molecular weight is 352 g/mol. The standard InChI is InChI=1S/C13H22ClN3O2S2/c1-9-8-20-13(12(9)14)11(16-15)6-10-4-3-5-17(7-10)21(2,18)19/h8,10-11,16H,3-7,15H2,1-2H3. The Kier molecular flexibility index (Phi) is 5.67. The lowest BCUT2D eigenvalue weighted by atomic mass is 9.92. The fourth-order valence-electron chi connectivity index (χ4n) is 2.79. The van der Waals surface area contributed by atoms with Gasteiger partial charge in [-0.05, 0) is 43.0 Å². The number of nitrogens with one attached hydrogen (secondary N) is 1. The van der Waals surface area contributed by atoms with Crippen molar-refractivity contribution >= 4 is 33.0 Å². The van der Waals surface area contributed by atoms with Crippen LogP contribution in [0.3, 0.4) is 0 Å². The monoisotopic (exact) mass is 351 g/mol. The number of halogens is 1. The Morgan fingerprint density at radius 3 is 2.86 bits per heavy atom. The Morgan fingerprint density at radius 1 is 1.62 bits per heavy atom. The molecule has 0 aromatic carbocycles. The smallest absolute Gasteiger partial charge is 0.211 e. The number of hydrazine groups is 1. The Labute approximate surface area is 135 Å². The molecular weight excluding hydrogens is 330 g/mol. The van der Waals surface area contributed by atoms with E-state index in [0.717, 1.165) is 34.7 Å². The second-order valence-corrected chi connectivity index (χ2v) is 8.95. The molecule has 120 valence electrons. The van der Waals surface area contributed by atoms with Crippen LogP contribution in [0.2, 0.25) is 5.02 Å². The minimum atomic E-state index is -3.11. The second kappa shape index (κ2) is 6.93. The van der Waals surface area contributed by atoms with Crippen molar-refractivity contribution in [2.45, 2.75) is 32.2 Å². The van der Waals surface area contributed by atoms with E-state index in [-0.39, 0.29) is 6.04 Å². The van der Waals surface area contributed by atoms with Crippen molar-refractivity contribution in [3.05, 3.63) is 20.8 Å². The van der Waals surface area contributed by atoms with Gasteiger partial charge in [-0.15, -0.1) is 11.3 Å². The number of hydrogen-bond donors (Lipinski definition) is 2. The zero-order chi connectivity index (χ0) is 15.6. The van der Waals surface area contributed by atoms with Crippen LogP contribution in [0.5, 0.6) is 0 Å². The summed E-state index contributed by atoms with van der Waals surface area (Å²) in [6, 6.07) is -0.0271. The molecule has 2 heterocycles. The predicted octanol–water partition coefficient (Wildman–Crippen LogP) is 2.28. The van der Waals surface area contributed by atoms with Gasteiger partial charge in [-0.1, -0.05) is 11.6 Å². The Morgan fingerprint density at radius 2 is 2.33 bits per heavy atom. The highest BCUT2D eigenvalue weighted by Crippen LogP contribution is 2.36. The van der Waals surface area contributed by atoms with Gasteiger partial charge in [0.25, 0.3) is 0 Å². The molecule has 2 rings (SSSR count). The molecule has 0 spiro atoms. The molecule has 2 atom stereocenters. The van der Waals surface area contributed by atoms with Gasteiger partial charge in [-0.25, -0.2) is 12.7 Å². The van der Waals surface area contributed by atoms with E-state index in [9.17, 15) is 8.42 Å². The van der Waals surface area contributed by atoms with E-state index in [2.05, 4.69) is 5.43 Å². The average Bonchev–Trinajstić information content (AvgIpc) is 2.76. The third-order valence-corrected chi connectivity index (χ3v) is 7.06. The first-order valence-electron chi connectivity index (χ1n) is 6.97. The van der Waals surface area contributed by atoms with Gasteiger partial charge in [0.05, 0.1) is 17.3 Å². The SMILES string of the molecule is Cc1csc(C(CC2CCCN(S(C)(=O)=O)C2)NN)c1Cl. The first kappa shape index (κ1) is 17.2. The van der Waals surface area contributed by atoms with Crippen LogP contribution in [0, 0.1) is 12.8 Å². The van der Waals surface area contributed by atoms with E-state index in [1.807, 2.05) is 12.3 Å². The molecule has 1 aromatic rings. The first-order chi connectivity index (χ1) is 9.82. The largest absolute Gasteiger partial charge is 0.271 e. The first-order valence-corrected chi connectivity index (χ1v) is 10.1. The molecule has 21 heavy (non-hydrogen) atoms. The summed E-state index contributed by atoms with van der Waals surface area (Å²) in [7, 11) is -3.11. The molecule has 1 fully saturated rings. The molecule has 2 unspecified atom stereocenters. The number of thiophene rings is 1. The number of nitrogens with two attached hydrogens (primary N) is 1. The molecule has 0 saturated carbocycles. The third-order valence-electron chi connectivity index (χ3n) is 3.96. The summed E-state index contributed by atoms with van der Waals surface area (Å²) in [5, 5.41) is 2.78. The van der Waals surface area contributed by atoms with Gasteiger partial charge >= 0.3 is 0 Å². The molecule has 3 N–H and O–H groups in total. The van der Waals surface area contributed by atoms with Crippen molar-refractivity contribution in [1.29, 1.82) is 0 Å².